The Hall–Kier alpha value is -0.860. The molecule has 0 heterocycles. The van der Waals surface area contributed by atoms with Crippen molar-refractivity contribution in [3.63, 3.8) is 0 Å². The van der Waals surface area contributed by atoms with Crippen molar-refractivity contribution >= 4 is 0 Å². The molecule has 1 unspecified atom stereocenters. The molecular formula is C17H30N2. The summed E-state index contributed by atoms with van der Waals surface area (Å²) in [6, 6.07) is 4.94. The van der Waals surface area contributed by atoms with Crippen LogP contribution in [0.5, 0.6) is 0 Å². The normalized spacial score (nSPS) is 12.7. The Morgan fingerprint density at radius 1 is 1.05 bits per heavy atom. The molecule has 2 nitrogen and oxygen atoms in total. The first-order chi connectivity index (χ1) is 9.08. The van der Waals surface area contributed by atoms with E-state index in [4.69, 9.17) is 5.84 Å². The highest BCUT2D eigenvalue weighted by molar-refractivity contribution is 5.38. The van der Waals surface area contributed by atoms with Crippen LogP contribution < -0.4 is 11.3 Å². The van der Waals surface area contributed by atoms with Crippen LogP contribution in [0.15, 0.2) is 12.1 Å². The summed E-state index contributed by atoms with van der Waals surface area (Å²) in [5.74, 6) is 5.72. The van der Waals surface area contributed by atoms with Crippen molar-refractivity contribution < 1.29 is 0 Å². The summed E-state index contributed by atoms with van der Waals surface area (Å²) in [5.41, 5.74) is 8.59. The van der Waals surface area contributed by atoms with E-state index in [1.165, 1.54) is 54.4 Å². The molecule has 108 valence electrons. The number of hydrogen-bond acceptors (Lipinski definition) is 2. The maximum atomic E-state index is 5.72. The van der Waals surface area contributed by atoms with Crippen molar-refractivity contribution in [2.45, 2.75) is 72.3 Å². The predicted octanol–water partition coefficient (Wildman–Crippen LogP) is 3.96. The van der Waals surface area contributed by atoms with Gasteiger partial charge < -0.3 is 0 Å². The van der Waals surface area contributed by atoms with Gasteiger partial charge >= 0.3 is 0 Å². The molecule has 0 spiro atoms. The second kappa shape index (κ2) is 8.34. The van der Waals surface area contributed by atoms with Crippen molar-refractivity contribution in [2.75, 3.05) is 0 Å². The zero-order valence-electron chi connectivity index (χ0n) is 13.1. The van der Waals surface area contributed by atoms with Crippen molar-refractivity contribution in [1.82, 2.24) is 5.43 Å². The van der Waals surface area contributed by atoms with Gasteiger partial charge in [-0.1, -0.05) is 50.3 Å². The van der Waals surface area contributed by atoms with Crippen LogP contribution in [0, 0.1) is 20.8 Å². The lowest BCUT2D eigenvalue weighted by Crippen LogP contribution is -2.37. The van der Waals surface area contributed by atoms with E-state index >= 15 is 0 Å². The topological polar surface area (TPSA) is 38.0 Å². The van der Waals surface area contributed by atoms with Gasteiger partial charge in [0, 0.05) is 6.04 Å². The van der Waals surface area contributed by atoms with E-state index in [9.17, 15) is 0 Å². The average molecular weight is 262 g/mol. The molecule has 19 heavy (non-hydrogen) atoms. The van der Waals surface area contributed by atoms with Crippen LogP contribution in [0.3, 0.4) is 0 Å². The van der Waals surface area contributed by atoms with E-state index in [1.807, 2.05) is 0 Å². The summed E-state index contributed by atoms with van der Waals surface area (Å²) in [5, 5.41) is 0. The highest BCUT2D eigenvalue weighted by Crippen LogP contribution is 2.19. The lowest BCUT2D eigenvalue weighted by molar-refractivity contribution is 0.462. The lowest BCUT2D eigenvalue weighted by Gasteiger charge is -2.19. The van der Waals surface area contributed by atoms with E-state index in [1.54, 1.807) is 0 Å². The molecule has 0 aliphatic rings. The number of hydrogen-bond donors (Lipinski definition) is 2. The molecule has 0 aliphatic heterocycles. The van der Waals surface area contributed by atoms with Crippen LogP contribution in [0.2, 0.25) is 0 Å². The third kappa shape index (κ3) is 5.33. The van der Waals surface area contributed by atoms with Gasteiger partial charge in [0.1, 0.15) is 0 Å². The fourth-order valence-electron chi connectivity index (χ4n) is 2.84. The number of unbranched alkanes of at least 4 members (excludes halogenated alkanes) is 3. The van der Waals surface area contributed by atoms with Crippen molar-refractivity contribution in [3.05, 3.63) is 34.4 Å². The van der Waals surface area contributed by atoms with Gasteiger partial charge in [-0.3, -0.25) is 11.3 Å². The molecule has 1 aromatic carbocycles. The zero-order valence-corrected chi connectivity index (χ0v) is 13.1. The lowest BCUT2D eigenvalue weighted by atomic mass is 9.92. The summed E-state index contributed by atoms with van der Waals surface area (Å²) in [4.78, 5) is 0. The minimum Gasteiger partial charge on any atom is -0.271 e. The zero-order chi connectivity index (χ0) is 14.3. The Bertz CT molecular complexity index is 362. The summed E-state index contributed by atoms with van der Waals surface area (Å²) in [7, 11) is 0. The van der Waals surface area contributed by atoms with Crippen molar-refractivity contribution in [1.29, 1.82) is 0 Å². The number of hydrazine groups is 1. The van der Waals surface area contributed by atoms with Crippen LogP contribution in [-0.4, -0.2) is 6.04 Å². The van der Waals surface area contributed by atoms with E-state index in [2.05, 4.69) is 45.3 Å². The van der Waals surface area contributed by atoms with E-state index < -0.39 is 0 Å². The Balaban J connectivity index is 2.60. The predicted molar refractivity (Wildman–Crippen MR) is 84.2 cm³/mol. The number of benzene rings is 1. The molecule has 0 fully saturated rings. The van der Waals surface area contributed by atoms with E-state index in [0.29, 0.717) is 6.04 Å². The molecule has 0 radical (unpaired) electrons. The smallest absolute Gasteiger partial charge is 0.0251 e. The Morgan fingerprint density at radius 3 is 2.21 bits per heavy atom. The van der Waals surface area contributed by atoms with Gasteiger partial charge in [0.2, 0.25) is 0 Å². The van der Waals surface area contributed by atoms with Gasteiger partial charge in [-0.15, -0.1) is 0 Å². The largest absolute Gasteiger partial charge is 0.271 e. The first kappa shape index (κ1) is 16.2. The SMILES string of the molecule is CCCCCCC(Cc1c(C)cc(C)cc1C)NN. The maximum Gasteiger partial charge on any atom is 0.0251 e. The van der Waals surface area contributed by atoms with Crippen LogP contribution in [-0.2, 0) is 6.42 Å². The van der Waals surface area contributed by atoms with Crippen LogP contribution in [0.25, 0.3) is 0 Å². The molecule has 0 saturated carbocycles. The first-order valence-electron chi connectivity index (χ1n) is 7.61. The van der Waals surface area contributed by atoms with E-state index in [0.717, 1.165) is 6.42 Å². The molecule has 1 aromatic rings. The summed E-state index contributed by atoms with van der Waals surface area (Å²) in [6.07, 6.45) is 7.42. The molecule has 3 N–H and O–H groups in total. The van der Waals surface area contributed by atoms with Crippen LogP contribution >= 0.6 is 0 Å². The average Bonchev–Trinajstić information content (AvgIpc) is 2.36. The first-order valence-corrected chi connectivity index (χ1v) is 7.61. The second-order valence-electron chi connectivity index (χ2n) is 5.79. The quantitative estimate of drug-likeness (QED) is 0.423. The minimum atomic E-state index is 0.400. The molecule has 0 aromatic heterocycles. The van der Waals surface area contributed by atoms with Gasteiger partial charge in [-0.2, -0.15) is 0 Å². The molecule has 0 bridgehead atoms. The highest BCUT2D eigenvalue weighted by Gasteiger charge is 2.11. The fraction of sp³-hybridized carbons (Fsp3) is 0.647. The third-order valence-corrected chi connectivity index (χ3v) is 3.93. The molecule has 0 saturated heterocycles. The summed E-state index contributed by atoms with van der Waals surface area (Å²) < 4.78 is 0. The van der Waals surface area contributed by atoms with Crippen molar-refractivity contribution in [3.8, 4) is 0 Å². The maximum absolute atomic E-state index is 5.72. The third-order valence-electron chi connectivity index (χ3n) is 3.93. The number of nitrogens with one attached hydrogen (secondary N) is 1. The Morgan fingerprint density at radius 2 is 1.68 bits per heavy atom. The molecule has 1 atom stereocenters. The van der Waals surface area contributed by atoms with Gasteiger partial charge in [0.25, 0.3) is 0 Å². The summed E-state index contributed by atoms with van der Waals surface area (Å²) in [6.45, 7) is 8.82. The molecule has 0 aliphatic carbocycles. The Labute approximate surface area is 118 Å². The van der Waals surface area contributed by atoms with Gasteiger partial charge in [-0.05, 0) is 50.3 Å². The second-order valence-corrected chi connectivity index (χ2v) is 5.79. The number of aryl methyl sites for hydroxylation is 3. The van der Waals surface area contributed by atoms with Gasteiger partial charge in [0.05, 0.1) is 0 Å². The minimum absolute atomic E-state index is 0.400. The van der Waals surface area contributed by atoms with Gasteiger partial charge in [0.15, 0.2) is 0 Å². The van der Waals surface area contributed by atoms with E-state index in [-0.39, 0.29) is 0 Å². The number of rotatable bonds is 8. The monoisotopic (exact) mass is 262 g/mol. The van der Waals surface area contributed by atoms with Crippen molar-refractivity contribution in [2.24, 2.45) is 5.84 Å². The molecule has 2 heteroatoms. The number of nitrogens with two attached hydrogens (primary N) is 1. The summed E-state index contributed by atoms with van der Waals surface area (Å²) >= 11 is 0. The van der Waals surface area contributed by atoms with Gasteiger partial charge in [-0.25, -0.2) is 0 Å². The van der Waals surface area contributed by atoms with Crippen LogP contribution in [0.1, 0.15) is 61.3 Å². The Kier molecular flexibility index (Phi) is 7.11. The highest BCUT2D eigenvalue weighted by atomic mass is 15.2. The molecular weight excluding hydrogens is 232 g/mol. The molecule has 0 amide bonds. The standard InChI is InChI=1S/C17H30N2/c1-5-6-7-8-9-16(19-18)12-17-14(3)10-13(2)11-15(17)4/h10-11,16,19H,5-9,12,18H2,1-4H3. The van der Waals surface area contributed by atoms with Crippen LogP contribution in [0.4, 0.5) is 0 Å². The molecule has 1 rings (SSSR count). The fourth-order valence-corrected chi connectivity index (χ4v) is 2.84.